The van der Waals surface area contributed by atoms with E-state index in [0.29, 0.717) is 17.7 Å². The molecule has 0 fully saturated rings. The summed E-state index contributed by atoms with van der Waals surface area (Å²) in [7, 11) is 0. The van der Waals surface area contributed by atoms with Crippen LogP contribution in [0.3, 0.4) is 0 Å². The molecule has 0 heterocycles. The minimum atomic E-state index is 0.582. The summed E-state index contributed by atoms with van der Waals surface area (Å²) < 4.78 is 0. The van der Waals surface area contributed by atoms with Gasteiger partial charge in [-0.15, -0.1) is 23.2 Å². The molecule has 0 aliphatic heterocycles. The van der Waals surface area contributed by atoms with Gasteiger partial charge in [-0.2, -0.15) is 0 Å². The summed E-state index contributed by atoms with van der Waals surface area (Å²) in [6.07, 6.45) is 1.15. The zero-order chi connectivity index (χ0) is 13.4. The second kappa shape index (κ2) is 8.79. The lowest BCUT2D eigenvalue weighted by Crippen LogP contribution is -2.29. The van der Waals surface area contributed by atoms with E-state index in [1.807, 2.05) is 0 Å². The smallest absolute Gasteiger partial charge is 0.0351 e. The molecule has 1 atom stereocenters. The van der Waals surface area contributed by atoms with Gasteiger partial charge in [0.25, 0.3) is 0 Å². The van der Waals surface area contributed by atoms with Crippen molar-refractivity contribution in [2.45, 2.75) is 26.2 Å². The average molecular weight is 288 g/mol. The van der Waals surface area contributed by atoms with Gasteiger partial charge in [-0.25, -0.2) is 0 Å². The standard InChI is InChI=1S/C15H23Cl2N/c1-13-3-5-15(6-4-13)14(2)7-10-18(11-8-16)12-9-17/h3-6,14H,7-12H2,1-2H3. The van der Waals surface area contributed by atoms with Gasteiger partial charge < -0.3 is 4.90 Å². The molecule has 18 heavy (non-hydrogen) atoms. The number of hydrogen-bond acceptors (Lipinski definition) is 1. The van der Waals surface area contributed by atoms with Crippen molar-refractivity contribution in [3.8, 4) is 0 Å². The molecule has 0 aromatic heterocycles. The second-order valence-electron chi connectivity index (χ2n) is 4.82. The Morgan fingerprint density at radius 3 is 2.06 bits per heavy atom. The highest BCUT2D eigenvalue weighted by molar-refractivity contribution is 6.18. The van der Waals surface area contributed by atoms with E-state index in [2.05, 4.69) is 43.0 Å². The van der Waals surface area contributed by atoms with Crippen LogP contribution in [0, 0.1) is 6.92 Å². The van der Waals surface area contributed by atoms with Crippen LogP contribution in [-0.2, 0) is 0 Å². The molecule has 0 N–H and O–H groups in total. The van der Waals surface area contributed by atoms with Gasteiger partial charge in [0.1, 0.15) is 0 Å². The van der Waals surface area contributed by atoms with Gasteiger partial charge in [0.2, 0.25) is 0 Å². The third kappa shape index (κ3) is 5.60. The lowest BCUT2D eigenvalue weighted by atomic mass is 9.97. The first-order valence-electron chi connectivity index (χ1n) is 6.58. The average Bonchev–Trinajstić information content (AvgIpc) is 2.37. The monoisotopic (exact) mass is 287 g/mol. The normalized spacial score (nSPS) is 12.9. The highest BCUT2D eigenvalue weighted by atomic mass is 35.5. The molecule has 0 bridgehead atoms. The van der Waals surface area contributed by atoms with Gasteiger partial charge in [0.15, 0.2) is 0 Å². The Morgan fingerprint density at radius 1 is 1.00 bits per heavy atom. The van der Waals surface area contributed by atoms with E-state index < -0.39 is 0 Å². The third-order valence-corrected chi connectivity index (χ3v) is 3.66. The molecule has 0 saturated heterocycles. The Morgan fingerprint density at radius 2 is 1.56 bits per heavy atom. The lowest BCUT2D eigenvalue weighted by Gasteiger charge is -2.22. The van der Waals surface area contributed by atoms with E-state index in [9.17, 15) is 0 Å². The highest BCUT2D eigenvalue weighted by Crippen LogP contribution is 2.19. The predicted molar refractivity (Wildman–Crippen MR) is 82.1 cm³/mol. The number of rotatable bonds is 8. The molecule has 1 aromatic carbocycles. The minimum absolute atomic E-state index is 0.582. The van der Waals surface area contributed by atoms with E-state index >= 15 is 0 Å². The molecule has 1 rings (SSSR count). The van der Waals surface area contributed by atoms with Gasteiger partial charge in [0, 0.05) is 24.8 Å². The zero-order valence-electron chi connectivity index (χ0n) is 11.3. The number of aryl methyl sites for hydroxylation is 1. The van der Waals surface area contributed by atoms with E-state index in [0.717, 1.165) is 26.1 Å². The molecule has 102 valence electrons. The quantitative estimate of drug-likeness (QED) is 0.646. The van der Waals surface area contributed by atoms with E-state index in [1.165, 1.54) is 11.1 Å². The van der Waals surface area contributed by atoms with E-state index in [4.69, 9.17) is 23.2 Å². The van der Waals surface area contributed by atoms with Crippen LogP contribution in [0.15, 0.2) is 24.3 Å². The number of nitrogens with zero attached hydrogens (tertiary/aromatic N) is 1. The van der Waals surface area contributed by atoms with Gasteiger partial charge >= 0.3 is 0 Å². The molecule has 0 amide bonds. The number of halogens is 2. The topological polar surface area (TPSA) is 3.24 Å². The van der Waals surface area contributed by atoms with E-state index in [1.54, 1.807) is 0 Å². The van der Waals surface area contributed by atoms with Crippen LogP contribution in [0.25, 0.3) is 0 Å². The Balaban J connectivity index is 2.43. The number of hydrogen-bond donors (Lipinski definition) is 0. The Labute approximate surface area is 121 Å². The molecule has 3 heteroatoms. The third-order valence-electron chi connectivity index (χ3n) is 3.33. The Bertz CT molecular complexity index is 318. The van der Waals surface area contributed by atoms with Crippen molar-refractivity contribution in [2.75, 3.05) is 31.4 Å². The maximum absolute atomic E-state index is 5.80. The highest BCUT2D eigenvalue weighted by Gasteiger charge is 2.09. The molecular weight excluding hydrogens is 265 g/mol. The van der Waals surface area contributed by atoms with Crippen LogP contribution in [0.5, 0.6) is 0 Å². The van der Waals surface area contributed by atoms with Crippen LogP contribution in [0.1, 0.15) is 30.4 Å². The van der Waals surface area contributed by atoms with Crippen molar-refractivity contribution in [1.82, 2.24) is 4.90 Å². The molecule has 0 spiro atoms. The van der Waals surface area contributed by atoms with Crippen molar-refractivity contribution in [1.29, 1.82) is 0 Å². The van der Waals surface area contributed by atoms with Crippen molar-refractivity contribution < 1.29 is 0 Å². The summed E-state index contributed by atoms with van der Waals surface area (Å²) in [6.45, 7) is 7.32. The SMILES string of the molecule is Cc1ccc(C(C)CCN(CCCl)CCCl)cc1. The van der Waals surface area contributed by atoms with Gasteiger partial charge in [-0.05, 0) is 31.4 Å². The number of benzene rings is 1. The first kappa shape index (κ1) is 15.8. The first-order valence-corrected chi connectivity index (χ1v) is 7.65. The minimum Gasteiger partial charge on any atom is -0.301 e. The van der Waals surface area contributed by atoms with Gasteiger partial charge in [-0.3, -0.25) is 0 Å². The summed E-state index contributed by atoms with van der Waals surface area (Å²) in [6, 6.07) is 8.82. The summed E-state index contributed by atoms with van der Waals surface area (Å²) in [5.41, 5.74) is 2.73. The van der Waals surface area contributed by atoms with Crippen molar-refractivity contribution in [3.63, 3.8) is 0 Å². The van der Waals surface area contributed by atoms with Gasteiger partial charge in [-0.1, -0.05) is 36.8 Å². The van der Waals surface area contributed by atoms with E-state index in [-0.39, 0.29) is 0 Å². The van der Waals surface area contributed by atoms with Crippen LogP contribution in [0.4, 0.5) is 0 Å². The van der Waals surface area contributed by atoms with Crippen molar-refractivity contribution >= 4 is 23.2 Å². The zero-order valence-corrected chi connectivity index (χ0v) is 12.8. The molecular formula is C15H23Cl2N. The molecule has 1 nitrogen and oxygen atoms in total. The summed E-state index contributed by atoms with van der Waals surface area (Å²) in [5.74, 6) is 1.93. The fourth-order valence-corrected chi connectivity index (χ4v) is 2.49. The fourth-order valence-electron chi connectivity index (χ4n) is 2.01. The summed E-state index contributed by atoms with van der Waals surface area (Å²) >= 11 is 11.6. The largest absolute Gasteiger partial charge is 0.301 e. The fraction of sp³-hybridized carbons (Fsp3) is 0.600. The molecule has 0 radical (unpaired) electrons. The molecule has 0 aliphatic carbocycles. The van der Waals surface area contributed by atoms with Crippen LogP contribution in [0.2, 0.25) is 0 Å². The summed E-state index contributed by atoms with van der Waals surface area (Å²) in [5, 5.41) is 0. The second-order valence-corrected chi connectivity index (χ2v) is 5.58. The Kier molecular flexibility index (Phi) is 7.73. The maximum Gasteiger partial charge on any atom is 0.0351 e. The molecule has 1 aromatic rings. The lowest BCUT2D eigenvalue weighted by molar-refractivity contribution is 0.295. The maximum atomic E-state index is 5.80. The van der Waals surface area contributed by atoms with Crippen molar-refractivity contribution in [2.24, 2.45) is 0 Å². The number of alkyl halides is 2. The first-order chi connectivity index (χ1) is 8.67. The summed E-state index contributed by atoms with van der Waals surface area (Å²) in [4.78, 5) is 2.34. The molecule has 0 saturated carbocycles. The van der Waals surface area contributed by atoms with Crippen molar-refractivity contribution in [3.05, 3.63) is 35.4 Å². The van der Waals surface area contributed by atoms with Gasteiger partial charge in [0.05, 0.1) is 0 Å². The molecule has 0 aliphatic rings. The molecule has 1 unspecified atom stereocenters. The van der Waals surface area contributed by atoms with Crippen LogP contribution >= 0.6 is 23.2 Å². The Hall–Kier alpha value is -0.240. The van der Waals surface area contributed by atoms with Crippen LogP contribution in [-0.4, -0.2) is 36.3 Å². The van der Waals surface area contributed by atoms with Crippen LogP contribution < -0.4 is 0 Å². The predicted octanol–water partition coefficient (Wildman–Crippen LogP) is 4.27.